The molecule has 2 aromatic carbocycles. The summed E-state index contributed by atoms with van der Waals surface area (Å²) in [6, 6.07) is 20.7. The molecule has 0 aromatic heterocycles. The Hall–Kier alpha value is -2.62. The molecule has 146 valence electrons. The van der Waals surface area contributed by atoms with E-state index in [0.717, 1.165) is 11.8 Å². The fourth-order valence-corrected chi connectivity index (χ4v) is 3.72. The molecular weight excluding hydrogens is 348 g/mol. The van der Waals surface area contributed by atoms with Crippen LogP contribution in [0.4, 0.5) is 0 Å². The molecule has 2 heterocycles. The Morgan fingerprint density at radius 1 is 0.679 bits per heavy atom. The zero-order chi connectivity index (χ0) is 19.8. The third-order valence-electron chi connectivity index (χ3n) is 6.03. The van der Waals surface area contributed by atoms with Gasteiger partial charge in [0.1, 0.15) is 30.7 Å². The average Bonchev–Trinajstić information content (AvgIpc) is 3.38. The predicted molar refractivity (Wildman–Crippen MR) is 113 cm³/mol. The Labute approximate surface area is 167 Å². The van der Waals surface area contributed by atoms with Crippen LogP contribution in [0.2, 0.25) is 0 Å². The maximum Gasteiger partial charge on any atom is 0.200 e. The van der Waals surface area contributed by atoms with Crippen molar-refractivity contribution in [3.8, 4) is 0 Å². The molecular formula is C24H28N2O2. The number of aliphatic imine (C=N–C) groups is 2. The normalized spacial score (nSPS) is 22.3. The first-order chi connectivity index (χ1) is 13.4. The minimum absolute atomic E-state index is 0.0183. The molecule has 0 aliphatic carbocycles. The SMILES string of the molecule is CC(C)(C)C(C)(C1=N[C@@H](c2ccccc2)CO1)C1=N[C@@H](c2ccccc2)CO1. The van der Waals surface area contributed by atoms with Crippen LogP contribution in [0.5, 0.6) is 0 Å². The van der Waals surface area contributed by atoms with E-state index in [2.05, 4.69) is 52.0 Å². The molecule has 0 saturated heterocycles. The minimum atomic E-state index is -0.528. The fraction of sp³-hybridized carbons (Fsp3) is 0.417. The molecule has 0 spiro atoms. The van der Waals surface area contributed by atoms with Crippen LogP contribution < -0.4 is 0 Å². The van der Waals surface area contributed by atoms with Crippen LogP contribution in [-0.4, -0.2) is 25.0 Å². The predicted octanol–water partition coefficient (Wildman–Crippen LogP) is 5.38. The third-order valence-corrected chi connectivity index (χ3v) is 6.03. The highest BCUT2D eigenvalue weighted by Crippen LogP contribution is 2.46. The summed E-state index contributed by atoms with van der Waals surface area (Å²) in [5.74, 6) is 1.45. The molecule has 2 aliphatic rings. The van der Waals surface area contributed by atoms with Gasteiger partial charge >= 0.3 is 0 Å². The second kappa shape index (κ2) is 7.08. The van der Waals surface area contributed by atoms with Crippen molar-refractivity contribution in [3.63, 3.8) is 0 Å². The van der Waals surface area contributed by atoms with E-state index in [4.69, 9.17) is 19.5 Å². The second-order valence-corrected chi connectivity index (χ2v) is 8.72. The van der Waals surface area contributed by atoms with Crippen molar-refractivity contribution in [2.24, 2.45) is 20.8 Å². The van der Waals surface area contributed by atoms with Crippen LogP contribution in [0.25, 0.3) is 0 Å². The van der Waals surface area contributed by atoms with E-state index >= 15 is 0 Å². The zero-order valence-corrected chi connectivity index (χ0v) is 17.1. The van der Waals surface area contributed by atoms with Crippen LogP contribution in [-0.2, 0) is 9.47 Å². The molecule has 0 unspecified atom stereocenters. The molecule has 4 nitrogen and oxygen atoms in total. The van der Waals surface area contributed by atoms with Gasteiger partial charge in [-0.25, -0.2) is 9.98 Å². The van der Waals surface area contributed by atoms with Gasteiger partial charge in [-0.15, -0.1) is 0 Å². The standard InChI is InChI=1S/C24H28N2O2/c1-23(2,3)24(4,21-25-19(15-27-21)17-11-7-5-8-12-17)22-26-20(16-28-22)18-13-9-6-10-14-18/h5-14,19-20H,15-16H2,1-4H3/t19-,20-/m1/s1. The van der Waals surface area contributed by atoms with Gasteiger partial charge in [0.05, 0.1) is 0 Å². The number of rotatable bonds is 4. The quantitative estimate of drug-likeness (QED) is 0.719. The average molecular weight is 377 g/mol. The van der Waals surface area contributed by atoms with Crippen molar-refractivity contribution in [1.29, 1.82) is 0 Å². The molecule has 28 heavy (non-hydrogen) atoms. The van der Waals surface area contributed by atoms with Gasteiger partial charge in [-0.3, -0.25) is 0 Å². The van der Waals surface area contributed by atoms with E-state index in [0.29, 0.717) is 13.2 Å². The van der Waals surface area contributed by atoms with Crippen molar-refractivity contribution in [1.82, 2.24) is 0 Å². The molecule has 4 heteroatoms. The highest BCUT2D eigenvalue weighted by Gasteiger charge is 2.53. The van der Waals surface area contributed by atoms with Crippen molar-refractivity contribution in [2.45, 2.75) is 39.8 Å². The van der Waals surface area contributed by atoms with Crippen molar-refractivity contribution in [3.05, 3.63) is 71.8 Å². The minimum Gasteiger partial charge on any atom is -0.478 e. The molecule has 0 fully saturated rings. The number of benzene rings is 2. The van der Waals surface area contributed by atoms with Gasteiger partial charge in [-0.1, -0.05) is 81.4 Å². The van der Waals surface area contributed by atoms with E-state index in [1.807, 2.05) is 36.4 Å². The molecule has 4 rings (SSSR count). The van der Waals surface area contributed by atoms with Gasteiger partial charge in [0.2, 0.25) is 0 Å². The molecule has 2 aliphatic heterocycles. The number of nitrogens with zero attached hydrogens (tertiary/aromatic N) is 2. The summed E-state index contributed by atoms with van der Waals surface area (Å²) in [4.78, 5) is 9.95. The van der Waals surface area contributed by atoms with Crippen LogP contribution in [0.15, 0.2) is 70.6 Å². The van der Waals surface area contributed by atoms with Crippen LogP contribution in [0.3, 0.4) is 0 Å². The lowest BCUT2D eigenvalue weighted by atomic mass is 9.67. The van der Waals surface area contributed by atoms with E-state index in [1.165, 1.54) is 11.1 Å². The van der Waals surface area contributed by atoms with E-state index in [9.17, 15) is 0 Å². The molecule has 0 saturated carbocycles. The Bertz CT molecular complexity index is 816. The summed E-state index contributed by atoms with van der Waals surface area (Å²) in [5.41, 5.74) is 1.65. The maximum atomic E-state index is 6.15. The molecule has 0 N–H and O–H groups in total. The Kier molecular flexibility index (Phi) is 4.74. The Balaban J connectivity index is 1.69. The summed E-state index contributed by atoms with van der Waals surface area (Å²) < 4.78 is 12.3. The molecule has 0 amide bonds. The van der Waals surface area contributed by atoms with Gasteiger partial charge in [-0.2, -0.15) is 0 Å². The lowest BCUT2D eigenvalue weighted by molar-refractivity contribution is 0.176. The molecule has 0 bridgehead atoms. The van der Waals surface area contributed by atoms with Crippen LogP contribution in [0.1, 0.15) is 50.9 Å². The van der Waals surface area contributed by atoms with Crippen molar-refractivity contribution in [2.75, 3.05) is 13.2 Å². The van der Waals surface area contributed by atoms with E-state index in [1.54, 1.807) is 0 Å². The third kappa shape index (κ3) is 3.21. The smallest absolute Gasteiger partial charge is 0.200 e. The van der Waals surface area contributed by atoms with Crippen molar-refractivity contribution < 1.29 is 9.47 Å². The number of hydrogen-bond acceptors (Lipinski definition) is 4. The Morgan fingerprint density at radius 2 is 1.07 bits per heavy atom. The number of hydrogen-bond donors (Lipinski definition) is 0. The highest BCUT2D eigenvalue weighted by atomic mass is 16.5. The summed E-state index contributed by atoms with van der Waals surface area (Å²) >= 11 is 0. The van der Waals surface area contributed by atoms with Gasteiger partial charge in [0.25, 0.3) is 0 Å². The topological polar surface area (TPSA) is 43.2 Å². The van der Waals surface area contributed by atoms with E-state index < -0.39 is 5.41 Å². The zero-order valence-electron chi connectivity index (χ0n) is 17.1. The van der Waals surface area contributed by atoms with E-state index in [-0.39, 0.29) is 17.5 Å². The summed E-state index contributed by atoms with van der Waals surface area (Å²) in [5, 5.41) is 0. The van der Waals surface area contributed by atoms with Gasteiger partial charge in [0.15, 0.2) is 11.8 Å². The van der Waals surface area contributed by atoms with Gasteiger partial charge in [0, 0.05) is 0 Å². The molecule has 2 atom stereocenters. The summed E-state index contributed by atoms with van der Waals surface area (Å²) in [6.07, 6.45) is 0. The number of ether oxygens (including phenoxy) is 2. The Morgan fingerprint density at radius 3 is 1.43 bits per heavy atom. The van der Waals surface area contributed by atoms with Gasteiger partial charge in [-0.05, 0) is 23.5 Å². The first-order valence-electron chi connectivity index (χ1n) is 9.91. The first kappa shape index (κ1) is 18.7. The fourth-order valence-electron chi connectivity index (χ4n) is 3.72. The largest absolute Gasteiger partial charge is 0.478 e. The first-order valence-corrected chi connectivity index (χ1v) is 9.91. The molecule has 2 aromatic rings. The summed E-state index contributed by atoms with van der Waals surface area (Å²) in [7, 11) is 0. The lowest BCUT2D eigenvalue weighted by Gasteiger charge is -2.39. The monoisotopic (exact) mass is 376 g/mol. The van der Waals surface area contributed by atoms with Crippen LogP contribution in [0, 0.1) is 10.8 Å². The van der Waals surface area contributed by atoms with Gasteiger partial charge < -0.3 is 9.47 Å². The second-order valence-electron chi connectivity index (χ2n) is 8.72. The summed E-state index contributed by atoms with van der Waals surface area (Å²) in [6.45, 7) is 9.83. The van der Waals surface area contributed by atoms with Crippen molar-refractivity contribution >= 4 is 11.8 Å². The maximum absolute atomic E-state index is 6.15. The lowest BCUT2D eigenvalue weighted by Crippen LogP contribution is -2.47. The molecule has 0 radical (unpaired) electrons. The highest BCUT2D eigenvalue weighted by molar-refractivity contribution is 6.06. The van der Waals surface area contributed by atoms with Crippen LogP contribution >= 0.6 is 0 Å².